The molecule has 0 fully saturated rings. The Morgan fingerprint density at radius 1 is 0.863 bits per heavy atom. The van der Waals surface area contributed by atoms with E-state index in [9.17, 15) is 10.1 Å². The Balaban J connectivity index is 0.000000252. The SMILES string of the molecule is CC(=O)O.CCOc1cc([C@H](Nc2ccc(C(=N)N)cc2)c2nn(-c3ncccn3)c(=O)[nH]2)ccc1OC.COc1ccc(C(C#N)Nc2ccc(-c3noc(C)n3)cc2)cc1O[Si](C(C)C)(C(C)C)C(C)C. The highest BCUT2D eigenvalue weighted by Gasteiger charge is 2.47. The van der Waals surface area contributed by atoms with E-state index in [1.807, 2.05) is 61.5 Å². The number of carboxylic acid groups (broad SMARTS) is 1. The molecule has 1 unspecified atom stereocenters. The summed E-state index contributed by atoms with van der Waals surface area (Å²) in [7, 11) is 1.03. The maximum atomic E-state index is 12.7. The zero-order chi connectivity index (χ0) is 53.4. The summed E-state index contributed by atoms with van der Waals surface area (Å²) >= 11 is 0. The van der Waals surface area contributed by atoms with Crippen LogP contribution in [0.15, 0.2) is 113 Å². The van der Waals surface area contributed by atoms with E-state index in [2.05, 4.69) is 88.4 Å². The molecular formula is C52H64N12O8Si. The topological polar surface area (TPSA) is 287 Å². The molecule has 0 aliphatic carbocycles. The molecule has 0 saturated carbocycles. The molecule has 0 amide bonds. The number of aromatic nitrogens is 7. The van der Waals surface area contributed by atoms with Crippen LogP contribution in [-0.4, -0.2) is 80.9 Å². The maximum absolute atomic E-state index is 12.7. The number of nitrogens with zero attached hydrogens (tertiary/aromatic N) is 7. The van der Waals surface area contributed by atoms with E-state index in [1.165, 1.54) is 12.4 Å². The van der Waals surface area contributed by atoms with Crippen LogP contribution in [0.25, 0.3) is 17.3 Å². The van der Waals surface area contributed by atoms with E-state index in [0.717, 1.165) is 39.7 Å². The fourth-order valence-corrected chi connectivity index (χ4v) is 13.6. The Morgan fingerprint density at radius 3 is 1.93 bits per heavy atom. The van der Waals surface area contributed by atoms with Crippen LogP contribution >= 0.6 is 0 Å². The first-order valence-corrected chi connectivity index (χ1v) is 25.6. The Hall–Kier alpha value is -8.51. The van der Waals surface area contributed by atoms with Crippen molar-refractivity contribution >= 4 is 31.5 Å². The number of carboxylic acids is 1. The van der Waals surface area contributed by atoms with Gasteiger partial charge in [-0.15, -0.1) is 9.78 Å². The van der Waals surface area contributed by atoms with Gasteiger partial charge in [0.2, 0.25) is 11.7 Å². The highest BCUT2D eigenvalue weighted by Crippen LogP contribution is 2.45. The van der Waals surface area contributed by atoms with Crippen LogP contribution in [0.2, 0.25) is 16.6 Å². The van der Waals surface area contributed by atoms with Crippen LogP contribution in [0.5, 0.6) is 23.0 Å². The molecule has 21 heteroatoms. The van der Waals surface area contributed by atoms with Crippen molar-refractivity contribution in [2.24, 2.45) is 5.73 Å². The van der Waals surface area contributed by atoms with Crippen molar-refractivity contribution < 1.29 is 33.1 Å². The number of hydrogen-bond donors (Lipinski definition) is 6. The third-order valence-corrected chi connectivity index (χ3v) is 17.6. The van der Waals surface area contributed by atoms with Crippen molar-refractivity contribution in [3.8, 4) is 46.4 Å². The van der Waals surface area contributed by atoms with E-state index < -0.39 is 32.1 Å². The van der Waals surface area contributed by atoms with Gasteiger partial charge in [0.05, 0.1) is 26.9 Å². The molecule has 4 aromatic carbocycles. The summed E-state index contributed by atoms with van der Waals surface area (Å²) in [5.41, 5.74) is 10.9. The Kier molecular flexibility index (Phi) is 19.4. The average molecular weight is 1010 g/mol. The summed E-state index contributed by atoms with van der Waals surface area (Å²) in [6.07, 6.45) is 3.07. The molecule has 0 bridgehead atoms. The zero-order valence-corrected chi connectivity index (χ0v) is 43.9. The summed E-state index contributed by atoms with van der Waals surface area (Å²) in [6, 6.07) is 28.8. The van der Waals surface area contributed by atoms with E-state index in [1.54, 1.807) is 57.5 Å². The Bertz CT molecular complexity index is 2980. The van der Waals surface area contributed by atoms with Crippen molar-refractivity contribution in [1.29, 1.82) is 10.7 Å². The fraction of sp³-hybridized carbons (Fsp3) is 0.327. The minimum Gasteiger partial charge on any atom is -0.540 e. The lowest BCUT2D eigenvalue weighted by atomic mass is 10.0. The fourth-order valence-electron chi connectivity index (χ4n) is 8.36. The number of rotatable bonds is 19. The second-order valence-electron chi connectivity index (χ2n) is 17.5. The number of aliphatic carboxylic acids is 1. The molecule has 73 heavy (non-hydrogen) atoms. The molecular weight excluding hydrogens is 949 g/mol. The number of nitriles is 1. The van der Waals surface area contributed by atoms with Gasteiger partial charge < -0.3 is 44.6 Å². The molecule has 2 atom stereocenters. The third kappa shape index (κ3) is 14.1. The number of carbonyl (C=O) groups is 1. The number of nitrogens with one attached hydrogen (secondary N) is 4. The predicted molar refractivity (Wildman–Crippen MR) is 281 cm³/mol. The minimum absolute atomic E-state index is 0.0226. The Morgan fingerprint density at radius 2 is 1.41 bits per heavy atom. The van der Waals surface area contributed by atoms with Crippen molar-refractivity contribution in [3.63, 3.8) is 0 Å². The summed E-state index contributed by atoms with van der Waals surface area (Å²) in [5.74, 6) is 3.25. The minimum atomic E-state index is -2.20. The molecule has 0 radical (unpaired) electrons. The molecule has 0 aliphatic heterocycles. The smallest absolute Gasteiger partial charge is 0.350 e. The lowest BCUT2D eigenvalue weighted by Crippen LogP contribution is -2.50. The van der Waals surface area contributed by atoms with Gasteiger partial charge in [0.15, 0.2) is 23.1 Å². The number of aryl methyl sites for hydroxylation is 1. The second kappa shape index (κ2) is 25.6. The molecule has 0 spiro atoms. The van der Waals surface area contributed by atoms with Gasteiger partial charge in [-0.1, -0.05) is 58.8 Å². The molecule has 3 aromatic heterocycles. The van der Waals surface area contributed by atoms with Gasteiger partial charge in [-0.2, -0.15) is 10.2 Å². The van der Waals surface area contributed by atoms with E-state index in [-0.39, 0.29) is 11.8 Å². The number of nitrogens with two attached hydrogens (primary N) is 1. The van der Waals surface area contributed by atoms with Gasteiger partial charge in [0, 0.05) is 48.7 Å². The Labute approximate surface area is 425 Å². The van der Waals surface area contributed by atoms with Gasteiger partial charge in [-0.05, 0) is 114 Å². The molecule has 7 aromatic rings. The first-order valence-electron chi connectivity index (χ1n) is 23.5. The quantitative estimate of drug-likeness (QED) is 0.0250. The lowest BCUT2D eigenvalue weighted by molar-refractivity contribution is -0.134. The average Bonchev–Trinajstić information content (AvgIpc) is 3.99. The summed E-state index contributed by atoms with van der Waals surface area (Å²) in [6.45, 7) is 18.7. The van der Waals surface area contributed by atoms with E-state index >= 15 is 0 Å². The van der Waals surface area contributed by atoms with Crippen LogP contribution in [-0.2, 0) is 4.79 Å². The van der Waals surface area contributed by atoms with E-state index in [0.29, 0.717) is 69.3 Å². The largest absolute Gasteiger partial charge is 0.540 e. The standard InChI is InChI=1S/C27H36N4O3Si.C23H24N8O3.C2H4O2/c1-17(2)35(18(3)4,19(5)6)34-26-15-22(11-14-25(26)32-8)24(16-28)30-23-12-9-21(10-13-23)27-29-20(7)33-31-27;1-3-34-18-13-15(7-10-17(18)33-2)19(28-16-8-5-14(6-9-16)20(24)25)21-29-23(32)31(30-21)22-26-11-4-12-27-22;1-2(3)4/h9-15,17-19,24,30H,1-8H3;4-13,19,28H,3H2,1-2H3,(H3,24,25)(H,29,30,32);1H3,(H,3,4)/t;19-;/m.0./s1. The van der Waals surface area contributed by atoms with Gasteiger partial charge in [0.1, 0.15) is 23.7 Å². The highest BCUT2D eigenvalue weighted by molar-refractivity contribution is 6.78. The number of amidine groups is 1. The number of H-pyrrole nitrogens is 1. The first kappa shape index (κ1) is 55.4. The third-order valence-electron chi connectivity index (χ3n) is 11.6. The molecule has 0 saturated heterocycles. The number of anilines is 2. The van der Waals surface area contributed by atoms with Crippen molar-refractivity contribution in [2.45, 2.75) is 91.0 Å². The lowest BCUT2D eigenvalue weighted by Gasteiger charge is -2.42. The number of benzene rings is 4. The van der Waals surface area contributed by atoms with Crippen molar-refractivity contribution in [2.75, 3.05) is 31.5 Å². The van der Waals surface area contributed by atoms with Crippen LogP contribution in [0, 0.1) is 23.7 Å². The first-order chi connectivity index (χ1) is 34.8. The monoisotopic (exact) mass is 1010 g/mol. The summed E-state index contributed by atoms with van der Waals surface area (Å²) in [5, 5.41) is 40.1. The molecule has 7 rings (SSSR count). The molecule has 3 heterocycles. The van der Waals surface area contributed by atoms with Gasteiger partial charge >= 0.3 is 5.69 Å². The van der Waals surface area contributed by atoms with Gasteiger partial charge in [0.25, 0.3) is 20.2 Å². The number of ether oxygens (including phenoxy) is 3. The predicted octanol–water partition coefficient (Wildman–Crippen LogP) is 9.62. The summed E-state index contributed by atoms with van der Waals surface area (Å²) in [4.78, 5) is 36.9. The molecule has 20 nitrogen and oxygen atoms in total. The van der Waals surface area contributed by atoms with Gasteiger partial charge in [-0.3, -0.25) is 15.2 Å². The molecule has 0 aliphatic rings. The van der Waals surface area contributed by atoms with Crippen molar-refractivity contribution in [1.82, 2.24) is 34.9 Å². The summed E-state index contributed by atoms with van der Waals surface area (Å²) < 4.78 is 29.9. The van der Waals surface area contributed by atoms with Crippen molar-refractivity contribution in [3.05, 3.63) is 142 Å². The number of nitrogen functional groups attached to an aromatic ring is 1. The van der Waals surface area contributed by atoms with Gasteiger partial charge in [-0.25, -0.2) is 14.8 Å². The highest BCUT2D eigenvalue weighted by atomic mass is 28.4. The maximum Gasteiger partial charge on any atom is 0.350 e. The van der Waals surface area contributed by atoms with Crippen LogP contribution < -0.4 is 40.7 Å². The normalized spacial score (nSPS) is 11.8. The zero-order valence-electron chi connectivity index (χ0n) is 42.9. The second-order valence-corrected chi connectivity index (χ2v) is 22.8. The van der Waals surface area contributed by atoms with Crippen LogP contribution in [0.1, 0.15) is 95.9 Å². The van der Waals surface area contributed by atoms with Crippen LogP contribution in [0.3, 0.4) is 0 Å². The number of methoxy groups -OCH3 is 2. The van der Waals surface area contributed by atoms with Crippen LogP contribution in [0.4, 0.5) is 11.4 Å². The van der Waals surface area contributed by atoms with E-state index in [4.69, 9.17) is 44.2 Å². The number of aromatic amines is 1. The molecule has 384 valence electrons. The molecule has 7 N–H and O–H groups in total. The number of hydrogen-bond acceptors (Lipinski definition) is 16.